The summed E-state index contributed by atoms with van der Waals surface area (Å²) in [5, 5.41) is 5.30. The molecule has 0 fully saturated rings. The number of hydrogen-bond donors (Lipinski definition) is 2. The summed E-state index contributed by atoms with van der Waals surface area (Å²) >= 11 is 0. The second-order valence-corrected chi connectivity index (χ2v) is 6.57. The maximum Gasteiger partial charge on any atom is 0.416 e. The Morgan fingerprint density at radius 2 is 1.83 bits per heavy atom. The summed E-state index contributed by atoms with van der Waals surface area (Å²) in [4.78, 5) is 13.9. The molecule has 0 aliphatic carbocycles. The lowest BCUT2D eigenvalue weighted by atomic mass is 10.1. The van der Waals surface area contributed by atoms with Crippen LogP contribution in [0.4, 0.5) is 18.0 Å². The Kier molecular flexibility index (Phi) is 8.56. The van der Waals surface area contributed by atoms with Gasteiger partial charge < -0.3 is 15.5 Å². The number of hydrogen-bond acceptors (Lipinski definition) is 2. The third kappa shape index (κ3) is 8.71. The van der Waals surface area contributed by atoms with Gasteiger partial charge in [0.15, 0.2) is 0 Å². The normalized spacial score (nSPS) is 10.9. The largest absolute Gasteiger partial charge is 0.416 e. The van der Waals surface area contributed by atoms with Crippen molar-refractivity contribution in [2.24, 2.45) is 0 Å². The zero-order chi connectivity index (χ0) is 21.1. The Labute approximate surface area is 169 Å². The number of nitrogens with one attached hydrogen (secondary N) is 2. The quantitative estimate of drug-likeness (QED) is 0.544. The van der Waals surface area contributed by atoms with Crippen LogP contribution in [0.1, 0.15) is 23.1 Å². The van der Waals surface area contributed by atoms with Gasteiger partial charge in [-0.05, 0) is 43.8 Å². The average molecular weight is 403 g/mol. The van der Waals surface area contributed by atoms with Crippen LogP contribution < -0.4 is 10.6 Å². The van der Waals surface area contributed by atoms with Gasteiger partial charge in [0, 0.05) is 18.7 Å². The molecule has 7 heteroatoms. The van der Waals surface area contributed by atoms with E-state index in [1.807, 2.05) is 25.2 Å². The first-order valence-corrected chi connectivity index (χ1v) is 9.25. The molecule has 0 unspecified atom stereocenters. The summed E-state index contributed by atoms with van der Waals surface area (Å²) in [5.74, 6) is 5.27. The Bertz CT molecular complexity index is 842. The highest BCUT2D eigenvalue weighted by Crippen LogP contribution is 2.29. The van der Waals surface area contributed by atoms with Crippen molar-refractivity contribution in [3.63, 3.8) is 0 Å². The van der Waals surface area contributed by atoms with Crippen LogP contribution >= 0.6 is 0 Å². The van der Waals surface area contributed by atoms with Crippen molar-refractivity contribution in [3.05, 3.63) is 71.3 Å². The van der Waals surface area contributed by atoms with E-state index in [1.54, 1.807) is 0 Å². The third-order valence-electron chi connectivity index (χ3n) is 4.06. The maximum absolute atomic E-state index is 12.7. The molecule has 2 aromatic carbocycles. The van der Waals surface area contributed by atoms with E-state index < -0.39 is 11.7 Å². The number of carbonyl (C=O) groups excluding carboxylic acids is 1. The number of benzene rings is 2. The number of rotatable bonds is 7. The van der Waals surface area contributed by atoms with Crippen molar-refractivity contribution >= 4 is 6.03 Å². The van der Waals surface area contributed by atoms with Crippen LogP contribution in [0, 0.1) is 11.8 Å². The summed E-state index contributed by atoms with van der Waals surface area (Å²) < 4.78 is 38.0. The molecule has 0 bridgehead atoms. The highest BCUT2D eigenvalue weighted by Gasteiger charge is 2.30. The van der Waals surface area contributed by atoms with Gasteiger partial charge in [-0.1, -0.05) is 48.2 Å². The van der Waals surface area contributed by atoms with Gasteiger partial charge in [0.05, 0.1) is 12.1 Å². The lowest BCUT2D eigenvalue weighted by Gasteiger charge is -2.16. The predicted molar refractivity (Wildman–Crippen MR) is 107 cm³/mol. The molecule has 0 aliphatic heterocycles. The molecule has 0 saturated heterocycles. The standard InChI is InChI=1S/C22H24F3N3O/c1-28(17-19-8-3-2-4-9-19)15-7-14-27-21(29)26-13-6-11-18-10-5-12-20(16-18)22(23,24)25/h2-5,8-10,12,16H,7,13-15,17H2,1H3,(H2,26,27,29). The van der Waals surface area contributed by atoms with Crippen LogP contribution in [0.5, 0.6) is 0 Å². The van der Waals surface area contributed by atoms with E-state index in [4.69, 9.17) is 0 Å². The Hall–Kier alpha value is -2.98. The van der Waals surface area contributed by atoms with Crippen LogP contribution in [0.15, 0.2) is 54.6 Å². The molecule has 0 heterocycles. The molecule has 2 N–H and O–H groups in total. The van der Waals surface area contributed by atoms with E-state index in [9.17, 15) is 18.0 Å². The van der Waals surface area contributed by atoms with E-state index in [2.05, 4.69) is 39.5 Å². The first kappa shape index (κ1) is 22.3. The van der Waals surface area contributed by atoms with E-state index >= 15 is 0 Å². The average Bonchev–Trinajstić information content (AvgIpc) is 2.69. The van der Waals surface area contributed by atoms with Gasteiger partial charge in [-0.15, -0.1) is 0 Å². The number of urea groups is 1. The lowest BCUT2D eigenvalue weighted by Crippen LogP contribution is -2.37. The van der Waals surface area contributed by atoms with Gasteiger partial charge in [0.1, 0.15) is 0 Å². The van der Waals surface area contributed by atoms with Crippen LogP contribution in [0.2, 0.25) is 0 Å². The van der Waals surface area contributed by atoms with Gasteiger partial charge in [-0.2, -0.15) is 13.2 Å². The van der Waals surface area contributed by atoms with Crippen molar-refractivity contribution in [2.45, 2.75) is 19.1 Å². The van der Waals surface area contributed by atoms with Gasteiger partial charge in [-0.25, -0.2) is 4.79 Å². The SMILES string of the molecule is CN(CCCNC(=O)NCC#Cc1cccc(C(F)(F)F)c1)Cc1ccccc1. The molecule has 0 saturated carbocycles. The Morgan fingerprint density at radius 1 is 1.07 bits per heavy atom. The fourth-order valence-electron chi connectivity index (χ4n) is 2.63. The molecule has 2 aromatic rings. The molecule has 0 aliphatic rings. The first-order valence-electron chi connectivity index (χ1n) is 9.25. The molecule has 29 heavy (non-hydrogen) atoms. The summed E-state index contributed by atoms with van der Waals surface area (Å²) in [6, 6.07) is 14.6. The summed E-state index contributed by atoms with van der Waals surface area (Å²) in [5.41, 5.74) is 0.746. The maximum atomic E-state index is 12.7. The minimum Gasteiger partial charge on any atom is -0.338 e. The highest BCUT2D eigenvalue weighted by molar-refractivity contribution is 5.74. The molecule has 154 valence electrons. The lowest BCUT2D eigenvalue weighted by molar-refractivity contribution is -0.137. The van der Waals surface area contributed by atoms with Gasteiger partial charge in [-0.3, -0.25) is 0 Å². The van der Waals surface area contributed by atoms with Crippen molar-refractivity contribution in [2.75, 3.05) is 26.7 Å². The molecular weight excluding hydrogens is 379 g/mol. The summed E-state index contributed by atoms with van der Waals surface area (Å²) in [7, 11) is 2.02. The molecule has 2 amide bonds. The predicted octanol–water partition coefficient (Wildman–Crippen LogP) is 3.88. The molecule has 0 aromatic heterocycles. The molecule has 4 nitrogen and oxygen atoms in total. The van der Waals surface area contributed by atoms with Gasteiger partial charge in [0.25, 0.3) is 0 Å². The van der Waals surface area contributed by atoms with E-state index in [-0.39, 0.29) is 18.1 Å². The summed E-state index contributed by atoms with van der Waals surface area (Å²) in [6.45, 7) is 2.25. The van der Waals surface area contributed by atoms with Crippen LogP contribution in [0.25, 0.3) is 0 Å². The third-order valence-corrected chi connectivity index (χ3v) is 4.06. The van der Waals surface area contributed by atoms with E-state index in [0.29, 0.717) is 6.54 Å². The Morgan fingerprint density at radius 3 is 2.55 bits per heavy atom. The number of carbonyl (C=O) groups is 1. The number of amides is 2. The highest BCUT2D eigenvalue weighted by atomic mass is 19.4. The second-order valence-electron chi connectivity index (χ2n) is 6.57. The minimum absolute atomic E-state index is 0.0516. The van der Waals surface area contributed by atoms with Crippen LogP contribution in [-0.2, 0) is 12.7 Å². The molecule has 0 radical (unpaired) electrons. The van der Waals surface area contributed by atoms with Crippen molar-refractivity contribution in [1.82, 2.24) is 15.5 Å². The van der Waals surface area contributed by atoms with Gasteiger partial charge in [0.2, 0.25) is 0 Å². The van der Waals surface area contributed by atoms with E-state index in [0.717, 1.165) is 31.6 Å². The number of nitrogens with zero attached hydrogens (tertiary/aromatic N) is 1. The monoisotopic (exact) mass is 403 g/mol. The number of alkyl halides is 3. The molecule has 0 atom stereocenters. The number of halogens is 3. The topological polar surface area (TPSA) is 44.4 Å². The van der Waals surface area contributed by atoms with Crippen LogP contribution in [-0.4, -0.2) is 37.6 Å². The molecule has 0 spiro atoms. The van der Waals surface area contributed by atoms with E-state index in [1.165, 1.54) is 17.7 Å². The van der Waals surface area contributed by atoms with Crippen molar-refractivity contribution in [3.8, 4) is 11.8 Å². The molecular formula is C22H24F3N3O. The minimum atomic E-state index is -4.40. The fraction of sp³-hybridized carbons (Fsp3) is 0.318. The second kappa shape index (κ2) is 11.1. The van der Waals surface area contributed by atoms with Crippen LogP contribution in [0.3, 0.4) is 0 Å². The fourth-order valence-corrected chi connectivity index (χ4v) is 2.63. The van der Waals surface area contributed by atoms with Crippen molar-refractivity contribution in [1.29, 1.82) is 0 Å². The van der Waals surface area contributed by atoms with Gasteiger partial charge >= 0.3 is 12.2 Å². The Balaban J connectivity index is 1.63. The zero-order valence-electron chi connectivity index (χ0n) is 16.2. The molecule has 2 rings (SSSR count). The first-order chi connectivity index (χ1) is 13.8. The summed E-state index contributed by atoms with van der Waals surface area (Å²) in [6.07, 6.45) is -3.60. The zero-order valence-corrected chi connectivity index (χ0v) is 16.2. The smallest absolute Gasteiger partial charge is 0.338 e. The van der Waals surface area contributed by atoms with Crippen molar-refractivity contribution < 1.29 is 18.0 Å².